The number of nitrogens with zero attached hydrogens (tertiary/aromatic N) is 3. The van der Waals surface area contributed by atoms with Crippen molar-refractivity contribution in [3.63, 3.8) is 0 Å². The molecule has 0 N–H and O–H groups in total. The summed E-state index contributed by atoms with van der Waals surface area (Å²) in [6.45, 7) is 8.86. The van der Waals surface area contributed by atoms with Crippen molar-refractivity contribution in [2.24, 2.45) is 0 Å². The van der Waals surface area contributed by atoms with Crippen molar-refractivity contribution in [1.29, 1.82) is 0 Å². The summed E-state index contributed by atoms with van der Waals surface area (Å²) in [7, 11) is 0. The zero-order chi connectivity index (χ0) is 20.6. The molecule has 2 amide bonds. The van der Waals surface area contributed by atoms with Crippen molar-refractivity contribution in [3.05, 3.63) is 71.3 Å². The molecule has 3 rings (SSSR count). The Balaban J connectivity index is 1.46. The third-order valence-corrected chi connectivity index (χ3v) is 5.64. The Labute approximate surface area is 173 Å². The van der Waals surface area contributed by atoms with Gasteiger partial charge in [-0.2, -0.15) is 0 Å². The third-order valence-electron chi connectivity index (χ3n) is 5.64. The van der Waals surface area contributed by atoms with E-state index < -0.39 is 0 Å². The number of hydrogen-bond donors (Lipinski definition) is 0. The van der Waals surface area contributed by atoms with E-state index in [-0.39, 0.29) is 11.8 Å². The molecule has 5 nitrogen and oxygen atoms in total. The van der Waals surface area contributed by atoms with Gasteiger partial charge in [0.15, 0.2) is 0 Å². The monoisotopic (exact) mass is 393 g/mol. The first-order chi connectivity index (χ1) is 14.0. The molecule has 1 fully saturated rings. The molecule has 0 bridgehead atoms. The highest BCUT2D eigenvalue weighted by molar-refractivity contribution is 5.78. The predicted octanol–water partition coefficient (Wildman–Crippen LogP) is 3.08. The van der Waals surface area contributed by atoms with Crippen LogP contribution in [0.1, 0.15) is 30.0 Å². The number of carbonyl (C=O) groups is 2. The van der Waals surface area contributed by atoms with E-state index in [4.69, 9.17) is 0 Å². The summed E-state index contributed by atoms with van der Waals surface area (Å²) in [5.74, 6) is 0.147. The number of aryl methyl sites for hydroxylation is 1. The summed E-state index contributed by atoms with van der Waals surface area (Å²) in [5.41, 5.74) is 3.60. The van der Waals surface area contributed by atoms with Crippen LogP contribution < -0.4 is 0 Å². The number of hydrogen-bond acceptors (Lipinski definition) is 3. The van der Waals surface area contributed by atoms with Gasteiger partial charge in [-0.25, -0.2) is 0 Å². The first-order valence-corrected chi connectivity index (χ1v) is 10.4. The summed E-state index contributed by atoms with van der Waals surface area (Å²) in [6, 6.07) is 18.5. The minimum atomic E-state index is 0.00809. The van der Waals surface area contributed by atoms with Crippen LogP contribution in [0.4, 0.5) is 0 Å². The van der Waals surface area contributed by atoms with Gasteiger partial charge >= 0.3 is 0 Å². The molecule has 5 heteroatoms. The predicted molar refractivity (Wildman–Crippen MR) is 115 cm³/mol. The molecular weight excluding hydrogens is 362 g/mol. The normalized spacial score (nSPS) is 14.6. The molecule has 154 valence electrons. The van der Waals surface area contributed by atoms with E-state index >= 15 is 0 Å². The molecule has 1 saturated heterocycles. The number of benzene rings is 2. The molecule has 1 aliphatic rings. The van der Waals surface area contributed by atoms with Crippen molar-refractivity contribution in [1.82, 2.24) is 14.7 Å². The molecule has 0 unspecified atom stereocenters. The average molecular weight is 394 g/mol. The van der Waals surface area contributed by atoms with Crippen LogP contribution in [0.15, 0.2) is 54.6 Å². The zero-order valence-corrected chi connectivity index (χ0v) is 17.5. The highest BCUT2D eigenvalue weighted by atomic mass is 16.2. The molecule has 0 radical (unpaired) electrons. The van der Waals surface area contributed by atoms with E-state index in [0.29, 0.717) is 19.5 Å². The number of carbonyl (C=O) groups excluding carboxylic acids is 2. The fourth-order valence-electron chi connectivity index (χ4n) is 3.73. The van der Waals surface area contributed by atoms with Crippen LogP contribution >= 0.6 is 0 Å². The molecule has 0 atom stereocenters. The molecule has 2 aromatic rings. The van der Waals surface area contributed by atoms with Gasteiger partial charge in [-0.3, -0.25) is 14.5 Å². The molecule has 29 heavy (non-hydrogen) atoms. The van der Waals surface area contributed by atoms with Gasteiger partial charge in [0.25, 0.3) is 0 Å². The third kappa shape index (κ3) is 6.16. The van der Waals surface area contributed by atoms with Gasteiger partial charge in [0.05, 0.1) is 0 Å². The van der Waals surface area contributed by atoms with Crippen molar-refractivity contribution < 1.29 is 9.59 Å². The second kappa shape index (κ2) is 10.2. The SMILES string of the molecule is CC(=O)N(CCC(=O)N1CCN(Cc2ccccc2)CC1)Cc1ccccc1C. The molecule has 0 saturated carbocycles. The zero-order valence-electron chi connectivity index (χ0n) is 17.5. The molecule has 2 aromatic carbocycles. The highest BCUT2D eigenvalue weighted by Gasteiger charge is 2.22. The Hall–Kier alpha value is -2.66. The summed E-state index contributed by atoms with van der Waals surface area (Å²) in [6.07, 6.45) is 0.379. The van der Waals surface area contributed by atoms with Gasteiger partial charge in [0.2, 0.25) is 11.8 Å². The summed E-state index contributed by atoms with van der Waals surface area (Å²) in [4.78, 5) is 30.8. The Bertz CT molecular complexity index is 814. The standard InChI is InChI=1S/C24H31N3O2/c1-20-8-6-7-11-23(20)19-27(21(2)28)13-12-24(29)26-16-14-25(15-17-26)18-22-9-4-3-5-10-22/h3-11H,12-19H2,1-2H3. The van der Waals surface area contributed by atoms with Gasteiger partial charge in [0.1, 0.15) is 0 Å². The Morgan fingerprint density at radius 3 is 2.24 bits per heavy atom. The van der Waals surface area contributed by atoms with Gasteiger partial charge in [-0.05, 0) is 23.6 Å². The lowest BCUT2D eigenvalue weighted by molar-refractivity contribution is -0.135. The van der Waals surface area contributed by atoms with Crippen LogP contribution in [-0.4, -0.2) is 59.2 Å². The molecular formula is C24H31N3O2. The minimum absolute atomic E-state index is 0.00809. The first-order valence-electron chi connectivity index (χ1n) is 10.4. The van der Waals surface area contributed by atoms with Crippen LogP contribution in [-0.2, 0) is 22.7 Å². The quantitative estimate of drug-likeness (QED) is 0.726. The van der Waals surface area contributed by atoms with Crippen molar-refractivity contribution in [2.75, 3.05) is 32.7 Å². The van der Waals surface area contributed by atoms with Gasteiger partial charge in [-0.1, -0.05) is 54.6 Å². The van der Waals surface area contributed by atoms with E-state index in [1.54, 1.807) is 11.8 Å². The Morgan fingerprint density at radius 2 is 1.59 bits per heavy atom. The smallest absolute Gasteiger partial charge is 0.224 e. The van der Waals surface area contributed by atoms with Gasteiger partial charge in [-0.15, -0.1) is 0 Å². The van der Waals surface area contributed by atoms with Crippen LogP contribution in [0.3, 0.4) is 0 Å². The van der Waals surface area contributed by atoms with Crippen molar-refractivity contribution in [2.45, 2.75) is 33.4 Å². The Morgan fingerprint density at radius 1 is 0.931 bits per heavy atom. The molecule has 0 aromatic heterocycles. The van der Waals surface area contributed by atoms with Crippen LogP contribution in [0.2, 0.25) is 0 Å². The van der Waals surface area contributed by atoms with Crippen LogP contribution in [0.5, 0.6) is 0 Å². The minimum Gasteiger partial charge on any atom is -0.340 e. The number of piperazine rings is 1. The topological polar surface area (TPSA) is 43.9 Å². The summed E-state index contributed by atoms with van der Waals surface area (Å²) < 4.78 is 0. The maximum atomic E-state index is 12.7. The Kier molecular flexibility index (Phi) is 7.42. The van der Waals surface area contributed by atoms with E-state index in [9.17, 15) is 9.59 Å². The second-order valence-electron chi connectivity index (χ2n) is 7.76. The average Bonchev–Trinajstić information content (AvgIpc) is 2.73. The fraction of sp³-hybridized carbons (Fsp3) is 0.417. The van der Waals surface area contributed by atoms with E-state index in [0.717, 1.165) is 38.3 Å². The second-order valence-corrected chi connectivity index (χ2v) is 7.76. The maximum Gasteiger partial charge on any atom is 0.224 e. The summed E-state index contributed by atoms with van der Waals surface area (Å²) in [5, 5.41) is 0. The lowest BCUT2D eigenvalue weighted by Crippen LogP contribution is -2.48. The van der Waals surface area contributed by atoms with Crippen molar-refractivity contribution in [3.8, 4) is 0 Å². The summed E-state index contributed by atoms with van der Waals surface area (Å²) >= 11 is 0. The van der Waals surface area contributed by atoms with Crippen LogP contribution in [0, 0.1) is 6.92 Å². The van der Waals surface area contributed by atoms with Gasteiger partial charge < -0.3 is 9.80 Å². The molecule has 1 aliphatic heterocycles. The maximum absolute atomic E-state index is 12.7. The molecule has 0 aliphatic carbocycles. The van der Waals surface area contributed by atoms with Gasteiger partial charge in [0, 0.05) is 59.2 Å². The molecule has 1 heterocycles. The van der Waals surface area contributed by atoms with E-state index in [1.165, 1.54) is 11.1 Å². The number of rotatable bonds is 7. The largest absolute Gasteiger partial charge is 0.340 e. The van der Waals surface area contributed by atoms with Crippen molar-refractivity contribution >= 4 is 11.8 Å². The van der Waals surface area contributed by atoms with Crippen LogP contribution in [0.25, 0.3) is 0 Å². The lowest BCUT2D eigenvalue weighted by atomic mass is 10.1. The fourth-order valence-corrected chi connectivity index (χ4v) is 3.73. The highest BCUT2D eigenvalue weighted by Crippen LogP contribution is 2.13. The number of amides is 2. The molecule has 0 spiro atoms. The van der Waals surface area contributed by atoms with E-state index in [1.807, 2.05) is 42.2 Å². The first kappa shape index (κ1) is 21.1. The lowest BCUT2D eigenvalue weighted by Gasteiger charge is -2.35. The van der Waals surface area contributed by atoms with E-state index in [2.05, 4.69) is 29.2 Å².